The molecule has 1 amide bonds. The van der Waals surface area contributed by atoms with Gasteiger partial charge >= 0.3 is 0 Å². The summed E-state index contributed by atoms with van der Waals surface area (Å²) in [5, 5.41) is 3.44. The molecular formula is C17H25N3O. The lowest BCUT2D eigenvalue weighted by Gasteiger charge is -2.31. The van der Waals surface area contributed by atoms with E-state index in [-0.39, 0.29) is 5.91 Å². The first-order valence-corrected chi connectivity index (χ1v) is 7.79. The molecule has 0 aromatic heterocycles. The van der Waals surface area contributed by atoms with Gasteiger partial charge in [0.2, 0.25) is 5.91 Å². The number of amides is 1. The molecule has 2 fully saturated rings. The van der Waals surface area contributed by atoms with Crippen LogP contribution in [-0.4, -0.2) is 37.0 Å². The van der Waals surface area contributed by atoms with Crippen LogP contribution < -0.4 is 11.1 Å². The first kappa shape index (κ1) is 14.4. The molecule has 3 N–H and O–H groups in total. The summed E-state index contributed by atoms with van der Waals surface area (Å²) in [5.74, 6) is 0.232. The highest BCUT2D eigenvalue weighted by Gasteiger charge is 2.45. The number of hydrogen-bond acceptors (Lipinski definition) is 3. The number of nitrogens with two attached hydrogens (primary N) is 1. The molecule has 1 aromatic rings. The number of nitrogen functional groups attached to an aromatic ring is 1. The van der Waals surface area contributed by atoms with E-state index in [2.05, 4.69) is 10.2 Å². The fourth-order valence-electron chi connectivity index (χ4n) is 3.67. The second-order valence-electron chi connectivity index (χ2n) is 7.15. The van der Waals surface area contributed by atoms with E-state index in [4.69, 9.17) is 5.73 Å². The van der Waals surface area contributed by atoms with Crippen LogP contribution in [0.5, 0.6) is 0 Å². The maximum Gasteiger partial charge on any atom is 0.232 e. The summed E-state index contributed by atoms with van der Waals surface area (Å²) in [6.45, 7) is 7.95. The first-order valence-electron chi connectivity index (χ1n) is 7.79. The molecule has 0 saturated carbocycles. The first-order chi connectivity index (χ1) is 9.93. The van der Waals surface area contributed by atoms with E-state index in [0.29, 0.717) is 5.41 Å². The Balaban J connectivity index is 1.76. The van der Waals surface area contributed by atoms with E-state index in [1.165, 1.54) is 6.42 Å². The van der Waals surface area contributed by atoms with Crippen LogP contribution in [0.2, 0.25) is 0 Å². The lowest BCUT2D eigenvalue weighted by Crippen LogP contribution is -2.43. The summed E-state index contributed by atoms with van der Waals surface area (Å²) in [6, 6.07) is 7.68. The summed E-state index contributed by atoms with van der Waals surface area (Å²) < 4.78 is 0. The van der Waals surface area contributed by atoms with Crippen molar-refractivity contribution in [2.45, 2.75) is 32.1 Å². The number of anilines is 1. The summed E-state index contributed by atoms with van der Waals surface area (Å²) in [5.41, 5.74) is 7.35. The molecule has 0 radical (unpaired) electrons. The third kappa shape index (κ3) is 2.53. The zero-order chi connectivity index (χ0) is 15.1. The monoisotopic (exact) mass is 287 g/mol. The fourth-order valence-corrected chi connectivity index (χ4v) is 3.67. The molecular weight excluding hydrogens is 262 g/mol. The van der Waals surface area contributed by atoms with Crippen LogP contribution in [0.3, 0.4) is 0 Å². The van der Waals surface area contributed by atoms with Crippen LogP contribution >= 0.6 is 0 Å². The van der Waals surface area contributed by atoms with Gasteiger partial charge in [0, 0.05) is 30.7 Å². The maximum absolute atomic E-state index is 13.0. The Morgan fingerprint density at radius 2 is 2.00 bits per heavy atom. The number of nitrogens with zero attached hydrogens (tertiary/aromatic N) is 1. The van der Waals surface area contributed by atoms with Crippen molar-refractivity contribution in [3.63, 3.8) is 0 Å². The third-order valence-electron chi connectivity index (χ3n) is 5.22. The van der Waals surface area contributed by atoms with Gasteiger partial charge in [-0.25, -0.2) is 0 Å². The number of carbonyl (C=O) groups excluding carboxylic acids is 1. The predicted molar refractivity (Wildman–Crippen MR) is 85.0 cm³/mol. The van der Waals surface area contributed by atoms with Gasteiger partial charge in [0.1, 0.15) is 0 Å². The molecule has 21 heavy (non-hydrogen) atoms. The predicted octanol–water partition coefficient (Wildman–Crippen LogP) is 1.76. The number of rotatable bonds is 2. The van der Waals surface area contributed by atoms with Crippen molar-refractivity contribution in [2.75, 3.05) is 31.9 Å². The number of hydrogen-bond donors (Lipinski definition) is 2. The third-order valence-corrected chi connectivity index (χ3v) is 5.22. The topological polar surface area (TPSA) is 58.4 Å². The van der Waals surface area contributed by atoms with E-state index >= 15 is 0 Å². The minimum Gasteiger partial charge on any atom is -0.399 e. The Bertz CT molecular complexity index is 529. The van der Waals surface area contributed by atoms with Gasteiger partial charge in [0.25, 0.3) is 0 Å². The minimum absolute atomic E-state index is 0.232. The lowest BCUT2D eigenvalue weighted by molar-refractivity contribution is -0.135. The van der Waals surface area contributed by atoms with Crippen LogP contribution in [-0.2, 0) is 10.2 Å². The number of benzene rings is 1. The zero-order valence-corrected chi connectivity index (χ0v) is 13.0. The van der Waals surface area contributed by atoms with E-state index in [1.807, 2.05) is 38.1 Å². The largest absolute Gasteiger partial charge is 0.399 e. The van der Waals surface area contributed by atoms with Crippen molar-refractivity contribution in [2.24, 2.45) is 5.41 Å². The van der Waals surface area contributed by atoms with Gasteiger partial charge in [-0.1, -0.05) is 12.1 Å². The molecule has 2 heterocycles. The molecule has 2 saturated heterocycles. The van der Waals surface area contributed by atoms with Gasteiger partial charge in [0.15, 0.2) is 0 Å². The van der Waals surface area contributed by atoms with Crippen molar-refractivity contribution in [3.05, 3.63) is 29.8 Å². The van der Waals surface area contributed by atoms with Crippen LogP contribution in [0.25, 0.3) is 0 Å². The van der Waals surface area contributed by atoms with Gasteiger partial charge in [-0.15, -0.1) is 0 Å². The molecule has 114 valence electrons. The van der Waals surface area contributed by atoms with Gasteiger partial charge in [-0.2, -0.15) is 0 Å². The van der Waals surface area contributed by atoms with Crippen molar-refractivity contribution in [1.29, 1.82) is 0 Å². The summed E-state index contributed by atoms with van der Waals surface area (Å²) in [4.78, 5) is 15.0. The van der Waals surface area contributed by atoms with Gasteiger partial charge < -0.3 is 16.0 Å². The smallest absolute Gasteiger partial charge is 0.232 e. The standard InChI is InChI=1S/C17H25N3O/c1-16(2,13-3-5-14(18)6-4-13)15(21)20-10-8-17(12-20)7-9-19-11-17/h3-6,19H,7-12,18H2,1-2H3. The van der Waals surface area contributed by atoms with Gasteiger partial charge in [-0.3, -0.25) is 4.79 Å². The summed E-state index contributed by atoms with van der Waals surface area (Å²) in [6.07, 6.45) is 2.32. The van der Waals surface area contributed by atoms with E-state index in [0.717, 1.165) is 43.9 Å². The van der Waals surface area contributed by atoms with Crippen LogP contribution in [0.4, 0.5) is 5.69 Å². The average molecular weight is 287 g/mol. The number of carbonyl (C=O) groups is 1. The maximum atomic E-state index is 13.0. The van der Waals surface area contributed by atoms with Crippen molar-refractivity contribution < 1.29 is 4.79 Å². The van der Waals surface area contributed by atoms with Crippen LogP contribution in [0.1, 0.15) is 32.3 Å². The molecule has 1 aromatic carbocycles. The number of nitrogens with one attached hydrogen (secondary N) is 1. The second kappa shape index (κ2) is 5.02. The molecule has 3 rings (SSSR count). The highest BCUT2D eigenvalue weighted by atomic mass is 16.2. The molecule has 4 heteroatoms. The van der Waals surface area contributed by atoms with Crippen molar-refractivity contribution in [1.82, 2.24) is 10.2 Å². The molecule has 1 unspecified atom stereocenters. The average Bonchev–Trinajstić information content (AvgIpc) is 3.09. The van der Waals surface area contributed by atoms with Crippen molar-refractivity contribution >= 4 is 11.6 Å². The Morgan fingerprint density at radius 1 is 1.29 bits per heavy atom. The molecule has 2 aliphatic heterocycles. The Hall–Kier alpha value is -1.55. The Labute approximate surface area is 126 Å². The van der Waals surface area contributed by atoms with Gasteiger partial charge in [-0.05, 0) is 50.9 Å². The molecule has 1 atom stereocenters. The SMILES string of the molecule is CC(C)(C(=O)N1CCC2(CCNC2)C1)c1ccc(N)cc1. The normalized spacial score (nSPS) is 25.7. The molecule has 1 spiro atoms. The van der Waals surface area contributed by atoms with Crippen LogP contribution in [0.15, 0.2) is 24.3 Å². The second-order valence-corrected chi connectivity index (χ2v) is 7.15. The van der Waals surface area contributed by atoms with Crippen molar-refractivity contribution in [3.8, 4) is 0 Å². The van der Waals surface area contributed by atoms with Crippen LogP contribution in [0, 0.1) is 5.41 Å². The quantitative estimate of drug-likeness (QED) is 0.815. The highest BCUT2D eigenvalue weighted by Crippen LogP contribution is 2.38. The van der Waals surface area contributed by atoms with Gasteiger partial charge in [0.05, 0.1) is 5.41 Å². The van der Waals surface area contributed by atoms with E-state index in [1.54, 1.807) is 0 Å². The van der Waals surface area contributed by atoms with E-state index < -0.39 is 5.41 Å². The molecule has 4 nitrogen and oxygen atoms in total. The lowest BCUT2D eigenvalue weighted by atomic mass is 9.82. The summed E-state index contributed by atoms with van der Waals surface area (Å²) >= 11 is 0. The Kier molecular flexibility index (Phi) is 3.44. The molecule has 0 bridgehead atoms. The Morgan fingerprint density at radius 3 is 2.62 bits per heavy atom. The fraction of sp³-hybridized carbons (Fsp3) is 0.588. The highest BCUT2D eigenvalue weighted by molar-refractivity contribution is 5.87. The summed E-state index contributed by atoms with van der Waals surface area (Å²) in [7, 11) is 0. The zero-order valence-electron chi connectivity index (χ0n) is 13.0. The molecule has 0 aliphatic carbocycles. The number of likely N-dealkylation sites (tertiary alicyclic amines) is 1. The molecule has 2 aliphatic rings. The van der Waals surface area contributed by atoms with E-state index in [9.17, 15) is 4.79 Å². The minimum atomic E-state index is -0.495.